The van der Waals surface area contributed by atoms with E-state index < -0.39 is 6.29 Å². The van der Waals surface area contributed by atoms with Gasteiger partial charge in [0.25, 0.3) is 0 Å². The maximum absolute atomic E-state index is 10.3. The summed E-state index contributed by atoms with van der Waals surface area (Å²) in [6.45, 7) is 2.83. The van der Waals surface area contributed by atoms with E-state index in [-0.39, 0.29) is 29.6 Å². The van der Waals surface area contributed by atoms with Crippen molar-refractivity contribution in [2.75, 3.05) is 27.2 Å². The van der Waals surface area contributed by atoms with Crippen LogP contribution in [0.5, 0.6) is 0 Å². The Bertz CT molecular complexity index is 60.8. The molecule has 0 saturated carbocycles. The van der Waals surface area contributed by atoms with E-state index in [1.807, 2.05) is 19.0 Å². The fourth-order valence-corrected chi connectivity index (χ4v) is 0.401. The maximum atomic E-state index is 10.3. The van der Waals surface area contributed by atoms with Gasteiger partial charge in [-0.2, -0.15) is 0 Å². The molecule has 0 aromatic rings. The van der Waals surface area contributed by atoms with Gasteiger partial charge >= 0.3 is 29.6 Å². The van der Waals surface area contributed by atoms with Crippen LogP contribution < -0.4 is 34.7 Å². The van der Waals surface area contributed by atoms with Crippen molar-refractivity contribution in [2.45, 2.75) is 13.2 Å². The second-order valence-corrected chi connectivity index (χ2v) is 2.24. The molecule has 56 valence electrons. The first-order valence-corrected chi connectivity index (χ1v) is 3.05. The van der Waals surface area contributed by atoms with Crippen LogP contribution in [-0.4, -0.2) is 38.4 Å². The van der Waals surface area contributed by atoms with Gasteiger partial charge in [0.1, 0.15) is 0 Å². The molecule has 0 heterocycles. The Balaban J connectivity index is 0. The largest absolute Gasteiger partial charge is 1.00 e. The Labute approximate surface area is 84.6 Å². The van der Waals surface area contributed by atoms with Gasteiger partial charge in [0.2, 0.25) is 0 Å². The quantitative estimate of drug-likeness (QED) is 0.309. The minimum absolute atomic E-state index is 0. The molecule has 0 N–H and O–H groups in total. The average Bonchev–Trinajstić information content (AvgIpc) is 1.63. The van der Waals surface area contributed by atoms with Gasteiger partial charge in [0.05, 0.1) is 6.61 Å². The van der Waals surface area contributed by atoms with Gasteiger partial charge in [0, 0.05) is 6.54 Å². The number of nitrogens with zero attached hydrogens (tertiary/aromatic N) is 1. The van der Waals surface area contributed by atoms with Gasteiger partial charge in [-0.25, -0.2) is 0 Å². The van der Waals surface area contributed by atoms with Crippen molar-refractivity contribution in [3.05, 3.63) is 0 Å². The first kappa shape index (κ1) is 13.5. The number of hydrogen-bond acceptors (Lipinski definition) is 3. The van der Waals surface area contributed by atoms with Crippen LogP contribution in [0.15, 0.2) is 0 Å². The van der Waals surface area contributed by atoms with E-state index in [1.54, 1.807) is 0 Å². The molecule has 0 aromatic heterocycles. The summed E-state index contributed by atoms with van der Waals surface area (Å²) in [6.07, 6.45) is -0.884. The summed E-state index contributed by atoms with van der Waals surface area (Å²) >= 11 is 0. The van der Waals surface area contributed by atoms with E-state index in [9.17, 15) is 5.11 Å². The van der Waals surface area contributed by atoms with E-state index in [0.717, 1.165) is 6.54 Å². The summed E-state index contributed by atoms with van der Waals surface area (Å²) in [7, 11) is 3.89. The fourth-order valence-electron chi connectivity index (χ4n) is 0.401. The van der Waals surface area contributed by atoms with Crippen molar-refractivity contribution >= 4 is 0 Å². The Morgan fingerprint density at radius 3 is 2.30 bits per heavy atom. The smallest absolute Gasteiger partial charge is 0.831 e. The van der Waals surface area contributed by atoms with Crippen molar-refractivity contribution in [1.82, 2.24) is 4.90 Å². The summed E-state index contributed by atoms with van der Waals surface area (Å²) < 4.78 is 4.76. The van der Waals surface area contributed by atoms with Crippen molar-refractivity contribution in [1.29, 1.82) is 0 Å². The molecule has 0 radical (unpaired) electrons. The van der Waals surface area contributed by atoms with Gasteiger partial charge in [-0.15, -0.1) is 0 Å². The summed E-state index contributed by atoms with van der Waals surface area (Å²) in [5.41, 5.74) is 0. The average molecular weight is 155 g/mol. The van der Waals surface area contributed by atoms with Crippen LogP contribution in [0.4, 0.5) is 0 Å². The summed E-state index contributed by atoms with van der Waals surface area (Å²) in [6, 6.07) is 0. The molecule has 3 nitrogen and oxygen atoms in total. The third-order valence-corrected chi connectivity index (χ3v) is 0.891. The first-order valence-electron chi connectivity index (χ1n) is 3.05. The molecule has 1 atom stereocenters. The Morgan fingerprint density at radius 2 is 2.00 bits per heavy atom. The van der Waals surface area contributed by atoms with Crippen LogP contribution >= 0.6 is 0 Å². The predicted octanol–water partition coefficient (Wildman–Crippen LogP) is -3.73. The minimum atomic E-state index is -0.884. The predicted molar refractivity (Wildman–Crippen MR) is 34.0 cm³/mol. The molecule has 0 aliphatic carbocycles. The molecule has 0 fully saturated rings. The van der Waals surface area contributed by atoms with Crippen LogP contribution in [0.25, 0.3) is 0 Å². The van der Waals surface area contributed by atoms with Crippen LogP contribution in [0, 0.1) is 0 Å². The third-order valence-electron chi connectivity index (χ3n) is 0.891. The van der Waals surface area contributed by atoms with Crippen molar-refractivity contribution < 1.29 is 39.4 Å². The molecule has 0 aliphatic rings. The zero-order valence-corrected chi connectivity index (χ0v) is 9.26. The summed E-state index contributed by atoms with van der Waals surface area (Å²) in [5, 5.41) is 10.3. The SMILES string of the molecule is CC([O-])OCCN(C)C.[Na+]. The monoisotopic (exact) mass is 155 g/mol. The zero-order chi connectivity index (χ0) is 7.28. The Morgan fingerprint density at radius 1 is 1.50 bits per heavy atom. The second kappa shape index (κ2) is 7.98. The first-order chi connectivity index (χ1) is 4.13. The van der Waals surface area contributed by atoms with Gasteiger partial charge in [-0.3, -0.25) is 0 Å². The minimum Gasteiger partial charge on any atom is -0.831 e. The molecule has 1 unspecified atom stereocenters. The van der Waals surface area contributed by atoms with Gasteiger partial charge in [-0.05, 0) is 20.4 Å². The molecule has 0 amide bonds. The Kier molecular flexibility index (Phi) is 10.7. The number of hydrogen-bond donors (Lipinski definition) is 0. The molecule has 0 rings (SSSR count). The normalized spacial score (nSPS) is 12.9. The Hall–Kier alpha value is 0.880. The molecule has 0 aromatic carbocycles. The number of likely N-dealkylation sites (N-methyl/N-ethyl adjacent to an activating group) is 1. The number of rotatable bonds is 4. The molecular weight excluding hydrogens is 141 g/mol. The molecule has 0 spiro atoms. The molecular formula is C6H14NNaO2. The van der Waals surface area contributed by atoms with E-state index >= 15 is 0 Å². The standard InChI is InChI=1S/C6H14NO2.Na/c1-6(8)9-5-4-7(2)3;/h6H,4-5H2,1-3H3;/q-1;+1. The van der Waals surface area contributed by atoms with Gasteiger partial charge in [0.15, 0.2) is 0 Å². The topological polar surface area (TPSA) is 35.5 Å². The van der Waals surface area contributed by atoms with E-state index in [4.69, 9.17) is 4.74 Å². The van der Waals surface area contributed by atoms with E-state index in [2.05, 4.69) is 0 Å². The van der Waals surface area contributed by atoms with Gasteiger partial charge in [-0.1, -0.05) is 6.92 Å². The molecule has 0 saturated heterocycles. The fraction of sp³-hybridized carbons (Fsp3) is 1.00. The van der Waals surface area contributed by atoms with Crippen molar-refractivity contribution in [2.24, 2.45) is 0 Å². The van der Waals surface area contributed by atoms with Crippen LogP contribution in [-0.2, 0) is 4.74 Å². The summed E-state index contributed by atoms with van der Waals surface area (Å²) in [4.78, 5) is 1.97. The zero-order valence-electron chi connectivity index (χ0n) is 7.26. The molecule has 10 heavy (non-hydrogen) atoms. The third kappa shape index (κ3) is 11.6. The van der Waals surface area contributed by atoms with Gasteiger partial charge < -0.3 is 14.7 Å². The molecule has 0 aliphatic heterocycles. The second-order valence-electron chi connectivity index (χ2n) is 2.24. The van der Waals surface area contributed by atoms with Crippen molar-refractivity contribution in [3.8, 4) is 0 Å². The van der Waals surface area contributed by atoms with Crippen LogP contribution in [0.2, 0.25) is 0 Å². The number of ether oxygens (including phenoxy) is 1. The molecule has 4 heteroatoms. The molecule has 0 bridgehead atoms. The van der Waals surface area contributed by atoms with Crippen molar-refractivity contribution in [3.63, 3.8) is 0 Å². The van der Waals surface area contributed by atoms with E-state index in [1.165, 1.54) is 6.92 Å². The van der Waals surface area contributed by atoms with E-state index in [0.29, 0.717) is 6.61 Å². The van der Waals surface area contributed by atoms with Crippen LogP contribution in [0.1, 0.15) is 6.92 Å². The summed E-state index contributed by atoms with van der Waals surface area (Å²) in [5.74, 6) is 0. The maximum Gasteiger partial charge on any atom is 1.00 e. The van der Waals surface area contributed by atoms with Crippen LogP contribution in [0.3, 0.4) is 0 Å².